The summed E-state index contributed by atoms with van der Waals surface area (Å²) in [6, 6.07) is 7.34. The van der Waals surface area contributed by atoms with Crippen molar-refractivity contribution >= 4 is 11.6 Å². The van der Waals surface area contributed by atoms with Gasteiger partial charge in [-0.15, -0.1) is 0 Å². The zero-order valence-electron chi connectivity index (χ0n) is 17.6. The number of halogens is 6. The Morgan fingerprint density at radius 3 is 2.33 bits per heavy atom. The molecule has 0 bridgehead atoms. The minimum atomic E-state index is -4.70. The van der Waals surface area contributed by atoms with Crippen LogP contribution in [0, 0.1) is 0 Å². The summed E-state index contributed by atoms with van der Waals surface area (Å²) in [5.74, 6) is -0.909. The molecule has 2 aromatic heterocycles. The normalized spacial score (nSPS) is 12.6. The van der Waals surface area contributed by atoms with Crippen molar-refractivity contribution < 1.29 is 40.6 Å². The standard InChI is InChI=1S/C21H19F6N3O3/c1-19(2,21(25,26)27)29-18(31)15-10-30-9-12(32-3)8-14(17(30)28-15)13-6-4-5-7-16(13)33-11-20(22,23)24/h4-10H,11H2,1-3H3,(H,29,31). The first-order chi connectivity index (χ1) is 15.2. The second-order valence-corrected chi connectivity index (χ2v) is 7.63. The van der Waals surface area contributed by atoms with Gasteiger partial charge in [-0.3, -0.25) is 4.79 Å². The number of rotatable bonds is 6. The van der Waals surface area contributed by atoms with Gasteiger partial charge in [0.2, 0.25) is 0 Å². The number of alkyl halides is 6. The maximum Gasteiger partial charge on any atom is 0.422 e. The average Bonchev–Trinajstić information content (AvgIpc) is 3.14. The highest BCUT2D eigenvalue weighted by Gasteiger charge is 2.48. The van der Waals surface area contributed by atoms with Crippen molar-refractivity contribution in [2.45, 2.75) is 31.7 Å². The number of hydrogen-bond acceptors (Lipinski definition) is 4. The van der Waals surface area contributed by atoms with Gasteiger partial charge in [-0.05, 0) is 26.0 Å². The van der Waals surface area contributed by atoms with E-state index in [-0.39, 0.29) is 34.0 Å². The number of aromatic nitrogens is 2. The van der Waals surface area contributed by atoms with E-state index in [1.54, 1.807) is 6.07 Å². The Hall–Kier alpha value is -3.44. The summed E-state index contributed by atoms with van der Waals surface area (Å²) in [4.78, 5) is 16.6. The van der Waals surface area contributed by atoms with Crippen LogP contribution < -0.4 is 14.8 Å². The van der Waals surface area contributed by atoms with Crippen LogP contribution in [-0.4, -0.2) is 46.9 Å². The number of carbonyl (C=O) groups excluding carboxylic acids is 1. The molecule has 3 aromatic rings. The van der Waals surface area contributed by atoms with Gasteiger partial charge < -0.3 is 19.2 Å². The molecule has 0 saturated carbocycles. The van der Waals surface area contributed by atoms with Crippen molar-refractivity contribution in [3.63, 3.8) is 0 Å². The number of nitrogens with one attached hydrogen (secondary N) is 1. The summed E-state index contributed by atoms with van der Waals surface area (Å²) in [7, 11) is 1.35. The van der Waals surface area contributed by atoms with Crippen LogP contribution in [0.5, 0.6) is 11.5 Å². The van der Waals surface area contributed by atoms with Crippen LogP contribution in [0.1, 0.15) is 24.3 Å². The van der Waals surface area contributed by atoms with E-state index in [4.69, 9.17) is 9.47 Å². The van der Waals surface area contributed by atoms with E-state index in [0.717, 1.165) is 13.8 Å². The molecule has 1 aromatic carbocycles. The minimum absolute atomic E-state index is 0.0998. The first-order valence-electron chi connectivity index (χ1n) is 9.47. The van der Waals surface area contributed by atoms with Gasteiger partial charge in [-0.25, -0.2) is 4.98 Å². The van der Waals surface area contributed by atoms with Gasteiger partial charge in [0, 0.05) is 17.3 Å². The van der Waals surface area contributed by atoms with Crippen LogP contribution in [0.2, 0.25) is 0 Å². The Morgan fingerprint density at radius 2 is 1.73 bits per heavy atom. The number of carbonyl (C=O) groups is 1. The average molecular weight is 475 g/mol. The molecule has 0 unspecified atom stereocenters. The smallest absolute Gasteiger partial charge is 0.422 e. The molecule has 1 N–H and O–H groups in total. The van der Waals surface area contributed by atoms with Gasteiger partial charge in [-0.2, -0.15) is 26.3 Å². The minimum Gasteiger partial charge on any atom is -0.495 e. The molecule has 1 amide bonds. The highest BCUT2D eigenvalue weighted by Crippen LogP contribution is 2.36. The largest absolute Gasteiger partial charge is 0.495 e. The van der Waals surface area contributed by atoms with Crippen molar-refractivity contribution in [3.8, 4) is 22.6 Å². The van der Waals surface area contributed by atoms with Gasteiger partial charge in [0.15, 0.2) is 6.61 Å². The van der Waals surface area contributed by atoms with Crippen LogP contribution in [0.15, 0.2) is 42.7 Å². The number of amides is 1. The van der Waals surface area contributed by atoms with E-state index in [1.165, 1.54) is 48.2 Å². The molecule has 0 spiro atoms. The van der Waals surface area contributed by atoms with Crippen LogP contribution in [-0.2, 0) is 0 Å². The molecule has 33 heavy (non-hydrogen) atoms. The number of benzene rings is 1. The maximum atomic E-state index is 13.1. The lowest BCUT2D eigenvalue weighted by atomic mass is 10.1. The summed E-state index contributed by atoms with van der Waals surface area (Å²) in [5, 5.41) is 1.89. The summed E-state index contributed by atoms with van der Waals surface area (Å²) in [6.07, 6.45) is -6.65. The van der Waals surface area contributed by atoms with E-state index >= 15 is 0 Å². The molecule has 0 atom stereocenters. The third kappa shape index (κ3) is 5.32. The quantitative estimate of drug-likeness (QED) is 0.509. The Balaban J connectivity index is 2.08. The fourth-order valence-electron chi connectivity index (χ4n) is 2.89. The van der Waals surface area contributed by atoms with Crippen molar-refractivity contribution in [1.82, 2.24) is 14.7 Å². The van der Waals surface area contributed by atoms with Gasteiger partial charge >= 0.3 is 12.4 Å². The molecule has 2 heterocycles. The van der Waals surface area contributed by atoms with E-state index in [0.29, 0.717) is 0 Å². The van der Waals surface area contributed by atoms with Gasteiger partial charge in [0.05, 0.1) is 13.3 Å². The highest BCUT2D eigenvalue weighted by molar-refractivity contribution is 5.94. The lowest BCUT2D eigenvalue weighted by molar-refractivity contribution is -0.182. The first-order valence-corrected chi connectivity index (χ1v) is 9.47. The van der Waals surface area contributed by atoms with Crippen LogP contribution in [0.4, 0.5) is 26.3 Å². The number of ether oxygens (including phenoxy) is 2. The third-order valence-electron chi connectivity index (χ3n) is 4.70. The Bertz CT molecular complexity index is 1170. The lowest BCUT2D eigenvalue weighted by Gasteiger charge is -2.28. The van der Waals surface area contributed by atoms with E-state index in [2.05, 4.69) is 4.98 Å². The predicted octanol–water partition coefficient (Wildman–Crippen LogP) is 5.02. The molecule has 0 fully saturated rings. The molecule has 0 aliphatic rings. The number of para-hydroxylation sites is 1. The summed E-state index contributed by atoms with van der Waals surface area (Å²) in [6.45, 7) is 0.0890. The van der Waals surface area contributed by atoms with E-state index in [9.17, 15) is 31.1 Å². The lowest BCUT2D eigenvalue weighted by Crippen LogP contribution is -2.54. The van der Waals surface area contributed by atoms with Gasteiger partial charge in [0.1, 0.15) is 28.4 Å². The van der Waals surface area contributed by atoms with Crippen molar-refractivity contribution in [1.29, 1.82) is 0 Å². The Morgan fingerprint density at radius 1 is 1.06 bits per heavy atom. The molecule has 3 rings (SSSR count). The molecule has 12 heteroatoms. The number of hydrogen-bond donors (Lipinski definition) is 1. The number of methoxy groups -OCH3 is 1. The van der Waals surface area contributed by atoms with E-state index < -0.39 is 30.4 Å². The molecule has 0 aliphatic carbocycles. The molecule has 0 aliphatic heterocycles. The zero-order chi connectivity index (χ0) is 24.6. The topological polar surface area (TPSA) is 64.9 Å². The maximum absolute atomic E-state index is 13.1. The molecular weight excluding hydrogens is 456 g/mol. The number of fused-ring (bicyclic) bond motifs is 1. The SMILES string of the molecule is COc1cc(-c2ccccc2OCC(F)(F)F)c2nc(C(=O)NC(C)(C)C(F)(F)F)cn2c1. The molecular formula is C21H19F6N3O3. The predicted molar refractivity (Wildman–Crippen MR) is 106 cm³/mol. The monoisotopic (exact) mass is 475 g/mol. The van der Waals surface area contributed by atoms with Crippen molar-refractivity contribution in [2.24, 2.45) is 0 Å². The van der Waals surface area contributed by atoms with Gasteiger partial charge in [-0.1, -0.05) is 18.2 Å². The summed E-state index contributed by atoms with van der Waals surface area (Å²) < 4.78 is 88.9. The summed E-state index contributed by atoms with van der Waals surface area (Å²) >= 11 is 0. The summed E-state index contributed by atoms with van der Waals surface area (Å²) in [5.41, 5.74) is -2.26. The second-order valence-electron chi connectivity index (χ2n) is 7.63. The Labute approximate surface area is 184 Å². The molecule has 178 valence electrons. The number of nitrogens with zero attached hydrogens (tertiary/aromatic N) is 2. The van der Waals surface area contributed by atoms with Crippen LogP contribution >= 0.6 is 0 Å². The fraction of sp³-hybridized carbons (Fsp3) is 0.333. The molecule has 6 nitrogen and oxygen atoms in total. The Kier molecular flexibility index (Phi) is 6.22. The van der Waals surface area contributed by atoms with Crippen LogP contribution in [0.25, 0.3) is 16.8 Å². The molecule has 0 radical (unpaired) electrons. The van der Waals surface area contributed by atoms with Crippen molar-refractivity contribution in [2.75, 3.05) is 13.7 Å². The number of pyridine rings is 1. The fourth-order valence-corrected chi connectivity index (χ4v) is 2.89. The molecule has 0 saturated heterocycles. The van der Waals surface area contributed by atoms with E-state index in [1.807, 2.05) is 5.32 Å². The zero-order valence-corrected chi connectivity index (χ0v) is 17.6. The first kappa shape index (κ1) is 24.2. The van der Waals surface area contributed by atoms with Gasteiger partial charge in [0.25, 0.3) is 5.91 Å². The third-order valence-corrected chi connectivity index (χ3v) is 4.70. The van der Waals surface area contributed by atoms with Crippen molar-refractivity contribution in [3.05, 3.63) is 48.4 Å². The highest BCUT2D eigenvalue weighted by atomic mass is 19.4. The number of imidazole rings is 1. The van der Waals surface area contributed by atoms with Crippen LogP contribution in [0.3, 0.4) is 0 Å². The second kappa shape index (κ2) is 8.49.